The summed E-state index contributed by atoms with van der Waals surface area (Å²) >= 11 is 0. The molecular weight excluding hydrogens is 362 g/mol. The summed E-state index contributed by atoms with van der Waals surface area (Å²) < 4.78 is 27.2. The number of carbonyl (C=O) groups excluding carboxylic acids is 1. The van der Waals surface area contributed by atoms with E-state index in [9.17, 15) is 4.79 Å². The number of esters is 1. The maximum Gasteiger partial charge on any atom is 0.330 e. The van der Waals surface area contributed by atoms with Gasteiger partial charge in [0.05, 0.1) is 25.5 Å². The van der Waals surface area contributed by atoms with Crippen LogP contribution in [0, 0.1) is 6.92 Å². The van der Waals surface area contributed by atoms with Gasteiger partial charge >= 0.3 is 5.97 Å². The molecule has 28 heavy (non-hydrogen) atoms. The molecule has 0 N–H and O–H groups in total. The van der Waals surface area contributed by atoms with Gasteiger partial charge in [0, 0.05) is 6.08 Å². The van der Waals surface area contributed by atoms with Gasteiger partial charge in [-0.15, -0.1) is 0 Å². The van der Waals surface area contributed by atoms with E-state index in [-0.39, 0.29) is 6.61 Å². The minimum atomic E-state index is -0.420. The van der Waals surface area contributed by atoms with Crippen LogP contribution in [-0.2, 0) is 16.1 Å². The fourth-order valence-corrected chi connectivity index (χ4v) is 2.78. The zero-order chi connectivity index (χ0) is 19.9. The number of oxazole rings is 1. The molecule has 0 unspecified atom stereocenters. The van der Waals surface area contributed by atoms with Crippen molar-refractivity contribution in [1.82, 2.24) is 4.98 Å². The van der Waals surface area contributed by atoms with Gasteiger partial charge in [0.1, 0.15) is 24.3 Å². The highest BCUT2D eigenvalue weighted by molar-refractivity contribution is 5.90. The van der Waals surface area contributed by atoms with Crippen LogP contribution in [0.1, 0.15) is 23.7 Å². The number of hydrogen-bond acceptors (Lipinski definition) is 7. The number of aryl methyl sites for hydroxylation is 1. The van der Waals surface area contributed by atoms with Gasteiger partial charge in [0.25, 0.3) is 0 Å². The van der Waals surface area contributed by atoms with E-state index in [0.29, 0.717) is 35.1 Å². The summed E-state index contributed by atoms with van der Waals surface area (Å²) in [6.45, 7) is 4.19. The van der Waals surface area contributed by atoms with E-state index in [1.165, 1.54) is 18.7 Å². The molecule has 7 heteroatoms. The Labute approximate surface area is 162 Å². The van der Waals surface area contributed by atoms with Crippen molar-refractivity contribution in [2.24, 2.45) is 0 Å². The van der Waals surface area contributed by atoms with E-state index in [2.05, 4.69) is 4.98 Å². The van der Waals surface area contributed by atoms with Crippen molar-refractivity contribution in [3.05, 3.63) is 60.0 Å². The standard InChI is InChI=1S/C21H21NO6/c1-4-26-18(23)8-7-15-10-14(2)20(28-12-16-11-25-13-22-16)21(24-3)19(15)17-6-5-9-27-17/h5-11,13H,4,12H2,1-3H3. The van der Waals surface area contributed by atoms with Crippen molar-refractivity contribution in [3.63, 3.8) is 0 Å². The van der Waals surface area contributed by atoms with E-state index in [0.717, 1.165) is 11.1 Å². The molecule has 0 amide bonds. The van der Waals surface area contributed by atoms with Crippen LogP contribution < -0.4 is 9.47 Å². The third-order valence-corrected chi connectivity index (χ3v) is 3.96. The maximum absolute atomic E-state index is 11.8. The van der Waals surface area contributed by atoms with Gasteiger partial charge in [-0.1, -0.05) is 0 Å². The number of hydrogen-bond donors (Lipinski definition) is 0. The van der Waals surface area contributed by atoms with Gasteiger partial charge in [-0.25, -0.2) is 9.78 Å². The van der Waals surface area contributed by atoms with Crippen molar-refractivity contribution in [2.45, 2.75) is 20.5 Å². The molecule has 0 aliphatic heterocycles. The number of rotatable bonds is 8. The Kier molecular flexibility index (Phi) is 6.16. The lowest BCUT2D eigenvalue weighted by atomic mass is 9.99. The topological polar surface area (TPSA) is 83.9 Å². The highest BCUT2D eigenvalue weighted by atomic mass is 16.5. The van der Waals surface area contributed by atoms with Crippen LogP contribution in [0.25, 0.3) is 17.4 Å². The van der Waals surface area contributed by atoms with Gasteiger partial charge < -0.3 is 23.0 Å². The molecule has 1 aromatic carbocycles. The molecule has 2 aromatic heterocycles. The molecule has 0 atom stereocenters. The molecule has 0 saturated heterocycles. The summed E-state index contributed by atoms with van der Waals surface area (Å²) in [7, 11) is 1.56. The van der Waals surface area contributed by atoms with E-state index >= 15 is 0 Å². The third-order valence-electron chi connectivity index (χ3n) is 3.96. The Hall–Kier alpha value is -3.48. The minimum absolute atomic E-state index is 0.226. The first-order chi connectivity index (χ1) is 13.6. The van der Waals surface area contributed by atoms with Crippen LogP contribution in [0.3, 0.4) is 0 Å². The van der Waals surface area contributed by atoms with E-state index < -0.39 is 5.97 Å². The van der Waals surface area contributed by atoms with Crippen LogP contribution in [-0.4, -0.2) is 24.7 Å². The average Bonchev–Trinajstić information content (AvgIpc) is 3.39. The fraction of sp³-hybridized carbons (Fsp3) is 0.238. The molecule has 0 spiro atoms. The summed E-state index contributed by atoms with van der Waals surface area (Å²) in [5, 5.41) is 0. The quantitative estimate of drug-likeness (QED) is 0.421. The normalized spacial score (nSPS) is 11.0. The molecule has 3 rings (SSSR count). The first-order valence-corrected chi connectivity index (χ1v) is 8.74. The van der Waals surface area contributed by atoms with Crippen molar-refractivity contribution in [2.75, 3.05) is 13.7 Å². The van der Waals surface area contributed by atoms with Crippen LogP contribution in [0.5, 0.6) is 11.5 Å². The smallest absolute Gasteiger partial charge is 0.330 e. The maximum atomic E-state index is 11.8. The molecule has 146 valence electrons. The SMILES string of the molecule is CCOC(=O)C=Cc1cc(C)c(OCc2cocn2)c(OC)c1-c1ccco1. The molecule has 0 aliphatic rings. The van der Waals surface area contributed by atoms with Crippen molar-refractivity contribution < 1.29 is 27.8 Å². The minimum Gasteiger partial charge on any atom is -0.492 e. The first kappa shape index (κ1) is 19.3. The van der Waals surface area contributed by atoms with Crippen LogP contribution in [0.15, 0.2) is 52.0 Å². The molecule has 0 bridgehead atoms. The molecule has 7 nitrogen and oxygen atoms in total. The Bertz CT molecular complexity index is 942. The predicted molar refractivity (Wildman–Crippen MR) is 102 cm³/mol. The molecule has 0 saturated carbocycles. The summed E-state index contributed by atoms with van der Waals surface area (Å²) in [6, 6.07) is 5.49. The molecule has 0 aliphatic carbocycles. The zero-order valence-electron chi connectivity index (χ0n) is 15.9. The number of ether oxygens (including phenoxy) is 3. The van der Waals surface area contributed by atoms with E-state index in [1.807, 2.05) is 19.1 Å². The number of methoxy groups -OCH3 is 1. The molecule has 0 radical (unpaired) electrons. The second-order valence-corrected chi connectivity index (χ2v) is 5.85. The molecule has 2 heterocycles. The number of aromatic nitrogens is 1. The number of nitrogens with zero attached hydrogens (tertiary/aromatic N) is 1. The van der Waals surface area contributed by atoms with Gasteiger partial charge in [0.15, 0.2) is 17.9 Å². The predicted octanol–water partition coefficient (Wildman–Crippen LogP) is 4.41. The van der Waals surface area contributed by atoms with Crippen LogP contribution >= 0.6 is 0 Å². The Morgan fingerprint density at radius 1 is 1.32 bits per heavy atom. The van der Waals surface area contributed by atoms with Gasteiger partial charge in [-0.05, 0) is 49.2 Å². The van der Waals surface area contributed by atoms with Crippen molar-refractivity contribution in [1.29, 1.82) is 0 Å². The molecule has 3 aromatic rings. The summed E-state index contributed by atoms with van der Waals surface area (Å²) in [6.07, 6.45) is 7.49. The second-order valence-electron chi connectivity index (χ2n) is 5.85. The average molecular weight is 383 g/mol. The Morgan fingerprint density at radius 2 is 2.18 bits per heavy atom. The lowest BCUT2D eigenvalue weighted by molar-refractivity contribution is -0.137. The summed E-state index contributed by atoms with van der Waals surface area (Å²) in [4.78, 5) is 15.8. The molecule has 0 fully saturated rings. The van der Waals surface area contributed by atoms with Gasteiger partial charge in [-0.2, -0.15) is 0 Å². The van der Waals surface area contributed by atoms with Gasteiger partial charge in [-0.3, -0.25) is 0 Å². The van der Waals surface area contributed by atoms with E-state index in [1.54, 1.807) is 32.4 Å². The van der Waals surface area contributed by atoms with Gasteiger partial charge in [0.2, 0.25) is 0 Å². The second kappa shape index (κ2) is 8.94. The van der Waals surface area contributed by atoms with Crippen LogP contribution in [0.4, 0.5) is 0 Å². The lowest BCUT2D eigenvalue weighted by Gasteiger charge is -2.18. The largest absolute Gasteiger partial charge is 0.492 e. The molecular formula is C21H21NO6. The number of carbonyl (C=O) groups is 1. The van der Waals surface area contributed by atoms with Crippen LogP contribution in [0.2, 0.25) is 0 Å². The monoisotopic (exact) mass is 383 g/mol. The first-order valence-electron chi connectivity index (χ1n) is 8.74. The Morgan fingerprint density at radius 3 is 2.82 bits per heavy atom. The highest BCUT2D eigenvalue weighted by Gasteiger charge is 2.21. The lowest BCUT2D eigenvalue weighted by Crippen LogP contribution is -2.03. The zero-order valence-corrected chi connectivity index (χ0v) is 15.9. The third kappa shape index (κ3) is 4.25. The van der Waals surface area contributed by atoms with Crippen molar-refractivity contribution in [3.8, 4) is 22.8 Å². The fourth-order valence-electron chi connectivity index (χ4n) is 2.78. The summed E-state index contributed by atoms with van der Waals surface area (Å²) in [5.41, 5.74) is 2.91. The Balaban J connectivity index is 2.05. The number of benzene rings is 1. The highest BCUT2D eigenvalue weighted by Crippen LogP contribution is 2.44. The number of furan rings is 1. The summed E-state index contributed by atoms with van der Waals surface area (Å²) in [5.74, 6) is 1.23. The van der Waals surface area contributed by atoms with E-state index in [4.69, 9.17) is 23.0 Å². The van der Waals surface area contributed by atoms with Crippen molar-refractivity contribution >= 4 is 12.0 Å².